The second kappa shape index (κ2) is 10.8. The summed E-state index contributed by atoms with van der Waals surface area (Å²) in [6.07, 6.45) is 13.2. The number of carbonyl (C=O) groups is 1. The van der Waals surface area contributed by atoms with Crippen LogP contribution in [0.1, 0.15) is 85.0 Å². The van der Waals surface area contributed by atoms with Gasteiger partial charge in [-0.1, -0.05) is 51.0 Å². The Balaban J connectivity index is 1.99. The van der Waals surface area contributed by atoms with Crippen LogP contribution in [0.3, 0.4) is 0 Å². The molecule has 1 heterocycles. The number of carbonyl (C=O) groups excluding carboxylic acids is 1. The zero-order valence-electron chi connectivity index (χ0n) is 17.5. The van der Waals surface area contributed by atoms with E-state index in [-0.39, 0.29) is 11.9 Å². The first kappa shape index (κ1) is 21.9. The van der Waals surface area contributed by atoms with E-state index in [0.717, 1.165) is 30.9 Å². The smallest absolute Gasteiger partial charge is 0.307 e. The van der Waals surface area contributed by atoms with E-state index in [1.165, 1.54) is 38.5 Å². The molecule has 1 atom stereocenters. The highest BCUT2D eigenvalue weighted by Crippen LogP contribution is 2.29. The predicted molar refractivity (Wildman–Crippen MR) is 110 cm³/mol. The molecule has 0 saturated heterocycles. The van der Waals surface area contributed by atoms with Crippen LogP contribution < -0.4 is 5.73 Å². The van der Waals surface area contributed by atoms with Crippen molar-refractivity contribution in [3.05, 3.63) is 11.8 Å². The van der Waals surface area contributed by atoms with Gasteiger partial charge < -0.3 is 15.2 Å². The Morgan fingerprint density at radius 3 is 2.74 bits per heavy atom. The van der Waals surface area contributed by atoms with E-state index in [0.29, 0.717) is 25.5 Å². The van der Waals surface area contributed by atoms with Gasteiger partial charge in [0.1, 0.15) is 5.60 Å². The first-order valence-corrected chi connectivity index (χ1v) is 10.7. The minimum absolute atomic E-state index is 0.0310. The fourth-order valence-electron chi connectivity index (χ4n) is 3.97. The molecule has 0 aromatic rings. The average molecular weight is 379 g/mol. The summed E-state index contributed by atoms with van der Waals surface area (Å²) in [6.45, 7) is 6.69. The van der Waals surface area contributed by atoms with Crippen molar-refractivity contribution in [2.24, 2.45) is 22.6 Å². The number of nitrogens with zero attached hydrogens (tertiary/aromatic N) is 1. The maximum Gasteiger partial charge on any atom is 0.307 e. The van der Waals surface area contributed by atoms with Gasteiger partial charge in [0.05, 0.1) is 18.7 Å². The summed E-state index contributed by atoms with van der Waals surface area (Å²) >= 11 is 0. The van der Waals surface area contributed by atoms with Crippen molar-refractivity contribution in [2.75, 3.05) is 13.2 Å². The van der Waals surface area contributed by atoms with E-state index in [9.17, 15) is 4.79 Å². The van der Waals surface area contributed by atoms with Crippen LogP contribution in [0.4, 0.5) is 0 Å². The summed E-state index contributed by atoms with van der Waals surface area (Å²) < 4.78 is 11.5. The molecule has 1 aliphatic carbocycles. The summed E-state index contributed by atoms with van der Waals surface area (Å²) in [7, 11) is 0. The van der Waals surface area contributed by atoms with Gasteiger partial charge in [0.25, 0.3) is 0 Å². The van der Waals surface area contributed by atoms with Gasteiger partial charge in [-0.3, -0.25) is 4.79 Å². The van der Waals surface area contributed by atoms with Crippen LogP contribution in [0.25, 0.3) is 0 Å². The predicted octanol–water partition coefficient (Wildman–Crippen LogP) is 4.75. The molecule has 2 aliphatic rings. The molecule has 0 bridgehead atoms. The van der Waals surface area contributed by atoms with Crippen molar-refractivity contribution in [1.82, 2.24) is 0 Å². The summed E-state index contributed by atoms with van der Waals surface area (Å²) in [5.41, 5.74) is 6.17. The third kappa shape index (κ3) is 8.46. The molecule has 0 aromatic heterocycles. The molecule has 27 heavy (non-hydrogen) atoms. The second-order valence-corrected chi connectivity index (χ2v) is 8.91. The van der Waals surface area contributed by atoms with Crippen molar-refractivity contribution in [3.63, 3.8) is 0 Å². The first-order chi connectivity index (χ1) is 12.9. The number of aliphatic imine (C=N–C) groups is 1. The summed E-state index contributed by atoms with van der Waals surface area (Å²) in [5.74, 6) is 1.30. The lowest BCUT2D eigenvalue weighted by Crippen LogP contribution is -2.28. The minimum Gasteiger partial charge on any atom is -0.480 e. The van der Waals surface area contributed by atoms with E-state index in [1.807, 2.05) is 26.8 Å². The van der Waals surface area contributed by atoms with Crippen LogP contribution in [0.15, 0.2) is 16.8 Å². The Labute approximate surface area is 164 Å². The maximum absolute atomic E-state index is 12.4. The minimum atomic E-state index is -0.474. The third-order valence-corrected chi connectivity index (χ3v) is 5.28. The molecule has 5 heteroatoms. The average Bonchev–Trinajstić information content (AvgIpc) is 2.86. The van der Waals surface area contributed by atoms with Gasteiger partial charge in [-0.2, -0.15) is 0 Å². The highest BCUT2D eigenvalue weighted by Gasteiger charge is 2.26. The summed E-state index contributed by atoms with van der Waals surface area (Å²) in [4.78, 5) is 17.1. The van der Waals surface area contributed by atoms with Gasteiger partial charge in [-0.25, -0.2) is 4.99 Å². The van der Waals surface area contributed by atoms with Crippen molar-refractivity contribution in [2.45, 2.75) is 90.6 Å². The fraction of sp³-hybridized carbons (Fsp3) is 0.818. The molecule has 0 radical (unpaired) electrons. The molecule has 1 saturated carbocycles. The zero-order chi connectivity index (χ0) is 19.7. The molecule has 0 amide bonds. The quantitative estimate of drug-likeness (QED) is 0.619. The van der Waals surface area contributed by atoms with Crippen molar-refractivity contribution < 1.29 is 14.3 Å². The SMILES string of the molecule is CC(C)(C)OC(=O)C[C@@H](CCCC1CCCCC1)C1=NC(CN)=CCCO1. The van der Waals surface area contributed by atoms with Crippen LogP contribution in [0.5, 0.6) is 0 Å². The molecule has 0 aromatic carbocycles. The lowest BCUT2D eigenvalue weighted by Gasteiger charge is -2.24. The number of hydrogen-bond acceptors (Lipinski definition) is 5. The fourth-order valence-corrected chi connectivity index (χ4v) is 3.97. The lowest BCUT2D eigenvalue weighted by molar-refractivity contribution is -0.155. The summed E-state index contributed by atoms with van der Waals surface area (Å²) in [6, 6.07) is 0. The van der Waals surface area contributed by atoms with Crippen LogP contribution in [-0.2, 0) is 14.3 Å². The standard InChI is InChI=1S/C22H38N2O3/c1-22(2,3)27-20(25)15-18(12-7-11-17-9-5-4-6-10-17)21-24-19(16-23)13-8-14-26-21/h13,17-18H,4-12,14-16,23H2,1-3H3/t18-/m1/s1. The molecular formula is C22H38N2O3. The first-order valence-electron chi connectivity index (χ1n) is 10.7. The maximum atomic E-state index is 12.4. The number of nitrogens with two attached hydrogens (primary N) is 1. The Hall–Kier alpha value is -1.36. The Bertz CT molecular complexity index is 528. The van der Waals surface area contributed by atoms with E-state index in [1.54, 1.807) is 0 Å². The topological polar surface area (TPSA) is 73.9 Å². The third-order valence-electron chi connectivity index (χ3n) is 5.28. The largest absolute Gasteiger partial charge is 0.480 e. The molecule has 0 unspecified atom stereocenters. The van der Waals surface area contributed by atoms with Crippen molar-refractivity contribution >= 4 is 11.9 Å². The highest BCUT2D eigenvalue weighted by molar-refractivity contribution is 5.84. The van der Waals surface area contributed by atoms with E-state index in [2.05, 4.69) is 4.99 Å². The normalized spacial score (nSPS) is 20.1. The van der Waals surface area contributed by atoms with Crippen LogP contribution >= 0.6 is 0 Å². The number of rotatable bonds is 8. The van der Waals surface area contributed by atoms with Gasteiger partial charge in [0.15, 0.2) is 5.90 Å². The lowest BCUT2D eigenvalue weighted by atomic mass is 9.84. The van der Waals surface area contributed by atoms with Gasteiger partial charge in [-0.15, -0.1) is 0 Å². The van der Waals surface area contributed by atoms with Crippen LogP contribution in [-0.4, -0.2) is 30.6 Å². The monoisotopic (exact) mass is 378 g/mol. The van der Waals surface area contributed by atoms with E-state index in [4.69, 9.17) is 15.2 Å². The molecule has 1 fully saturated rings. The Morgan fingerprint density at radius 2 is 2.07 bits per heavy atom. The zero-order valence-corrected chi connectivity index (χ0v) is 17.5. The Morgan fingerprint density at radius 1 is 1.33 bits per heavy atom. The van der Waals surface area contributed by atoms with E-state index < -0.39 is 5.60 Å². The molecule has 0 spiro atoms. The number of esters is 1. The molecule has 2 rings (SSSR count). The van der Waals surface area contributed by atoms with Crippen molar-refractivity contribution in [1.29, 1.82) is 0 Å². The molecule has 2 N–H and O–H groups in total. The molecule has 5 nitrogen and oxygen atoms in total. The van der Waals surface area contributed by atoms with Crippen molar-refractivity contribution in [3.8, 4) is 0 Å². The molecule has 1 aliphatic heterocycles. The van der Waals surface area contributed by atoms with Gasteiger partial charge in [0, 0.05) is 18.9 Å². The second-order valence-electron chi connectivity index (χ2n) is 8.91. The molecule has 154 valence electrons. The molecular weight excluding hydrogens is 340 g/mol. The highest BCUT2D eigenvalue weighted by atomic mass is 16.6. The summed E-state index contributed by atoms with van der Waals surface area (Å²) in [5, 5.41) is 0. The number of ether oxygens (including phenoxy) is 2. The van der Waals surface area contributed by atoms with Crippen LogP contribution in [0, 0.1) is 11.8 Å². The van der Waals surface area contributed by atoms with E-state index >= 15 is 0 Å². The number of hydrogen-bond donors (Lipinski definition) is 1. The van der Waals surface area contributed by atoms with Gasteiger partial charge >= 0.3 is 5.97 Å². The Kier molecular flexibility index (Phi) is 8.81. The van der Waals surface area contributed by atoms with Gasteiger partial charge in [0.2, 0.25) is 0 Å². The van der Waals surface area contributed by atoms with Crippen LogP contribution in [0.2, 0.25) is 0 Å². The van der Waals surface area contributed by atoms with Gasteiger partial charge in [-0.05, 0) is 33.1 Å².